The minimum absolute atomic E-state index is 0.0399. The Kier molecular flexibility index (Phi) is 5.95. The molecule has 0 aliphatic heterocycles. The number of aliphatic carboxylic acids is 1. The van der Waals surface area contributed by atoms with Crippen LogP contribution in [0.2, 0.25) is 0 Å². The summed E-state index contributed by atoms with van der Waals surface area (Å²) >= 11 is 0. The van der Waals surface area contributed by atoms with Gasteiger partial charge in [-0.05, 0) is 19.8 Å². The van der Waals surface area contributed by atoms with Gasteiger partial charge in [0, 0.05) is 12.6 Å². The lowest BCUT2D eigenvalue weighted by atomic mass is 10.0. The van der Waals surface area contributed by atoms with Crippen LogP contribution >= 0.6 is 0 Å². The van der Waals surface area contributed by atoms with Gasteiger partial charge in [-0.2, -0.15) is 0 Å². The normalized spacial score (nSPS) is 18.0. The zero-order valence-electron chi connectivity index (χ0n) is 12.2. The number of primary amides is 1. The van der Waals surface area contributed by atoms with E-state index in [1.807, 2.05) is 0 Å². The van der Waals surface area contributed by atoms with E-state index in [1.165, 1.54) is 11.8 Å². The summed E-state index contributed by atoms with van der Waals surface area (Å²) in [6.07, 6.45) is 3.12. The Balaban J connectivity index is 2.59. The van der Waals surface area contributed by atoms with Crippen molar-refractivity contribution in [1.82, 2.24) is 10.2 Å². The molecule has 1 rings (SSSR count). The Morgan fingerprint density at radius 1 is 1.33 bits per heavy atom. The summed E-state index contributed by atoms with van der Waals surface area (Å²) in [7, 11) is 0. The van der Waals surface area contributed by atoms with E-state index < -0.39 is 29.9 Å². The third-order valence-corrected chi connectivity index (χ3v) is 3.51. The molecule has 3 amide bonds. The summed E-state index contributed by atoms with van der Waals surface area (Å²) in [5.74, 6) is -1.76. The number of nitrogens with zero attached hydrogens (tertiary/aromatic N) is 1. The number of aliphatic hydroxyl groups is 1. The van der Waals surface area contributed by atoms with Crippen molar-refractivity contribution in [2.75, 3.05) is 13.1 Å². The second kappa shape index (κ2) is 7.26. The molecule has 1 saturated carbocycles. The first-order valence-electron chi connectivity index (χ1n) is 6.98. The van der Waals surface area contributed by atoms with Crippen molar-refractivity contribution in [2.45, 2.75) is 50.7 Å². The Labute approximate surface area is 123 Å². The third kappa shape index (κ3) is 5.99. The maximum atomic E-state index is 12.1. The van der Waals surface area contributed by atoms with Crippen LogP contribution in [0.5, 0.6) is 0 Å². The van der Waals surface area contributed by atoms with Crippen molar-refractivity contribution in [3.05, 3.63) is 0 Å². The Morgan fingerprint density at radius 2 is 1.90 bits per heavy atom. The topological polar surface area (TPSA) is 133 Å². The van der Waals surface area contributed by atoms with Gasteiger partial charge in [-0.1, -0.05) is 12.8 Å². The summed E-state index contributed by atoms with van der Waals surface area (Å²) in [5, 5.41) is 21.0. The van der Waals surface area contributed by atoms with Crippen molar-refractivity contribution < 1.29 is 24.6 Å². The molecule has 1 aliphatic rings. The van der Waals surface area contributed by atoms with Crippen molar-refractivity contribution in [2.24, 2.45) is 5.73 Å². The van der Waals surface area contributed by atoms with Gasteiger partial charge in [0.2, 0.25) is 5.91 Å². The van der Waals surface area contributed by atoms with Crippen molar-refractivity contribution in [1.29, 1.82) is 0 Å². The van der Waals surface area contributed by atoms with E-state index in [9.17, 15) is 19.5 Å². The number of urea groups is 1. The summed E-state index contributed by atoms with van der Waals surface area (Å²) in [4.78, 5) is 35.2. The molecular weight excluding hydrogens is 278 g/mol. The number of rotatable bonds is 7. The van der Waals surface area contributed by atoms with Gasteiger partial charge < -0.3 is 26.2 Å². The van der Waals surface area contributed by atoms with Crippen LogP contribution in [0, 0.1) is 0 Å². The minimum atomic E-state index is -1.55. The molecule has 0 aromatic rings. The average molecular weight is 301 g/mol. The largest absolute Gasteiger partial charge is 0.481 e. The Hall–Kier alpha value is -1.83. The fraction of sp³-hybridized carbons (Fsp3) is 0.769. The second-order valence-electron chi connectivity index (χ2n) is 5.76. The lowest BCUT2D eigenvalue weighted by molar-refractivity contribution is -0.141. The first-order valence-corrected chi connectivity index (χ1v) is 6.98. The van der Waals surface area contributed by atoms with Crippen molar-refractivity contribution in [3.8, 4) is 0 Å². The lowest BCUT2D eigenvalue weighted by Gasteiger charge is -2.30. The van der Waals surface area contributed by atoms with Gasteiger partial charge in [-0.3, -0.25) is 9.59 Å². The summed E-state index contributed by atoms with van der Waals surface area (Å²) in [5.41, 5.74) is 3.61. The smallest absolute Gasteiger partial charge is 0.318 e. The van der Waals surface area contributed by atoms with E-state index in [1.54, 1.807) is 0 Å². The van der Waals surface area contributed by atoms with Gasteiger partial charge in [-0.25, -0.2) is 4.79 Å². The SMILES string of the molecule is CC(O)(CNC(=O)N(CC(N)=O)C1CCCC1)CC(=O)O. The van der Waals surface area contributed by atoms with E-state index in [-0.39, 0.29) is 19.1 Å². The highest BCUT2D eigenvalue weighted by molar-refractivity contribution is 5.83. The van der Waals surface area contributed by atoms with Crippen LogP contribution < -0.4 is 11.1 Å². The van der Waals surface area contributed by atoms with Crippen LogP contribution in [0.4, 0.5) is 4.79 Å². The van der Waals surface area contributed by atoms with Crippen LogP contribution in [0.1, 0.15) is 39.0 Å². The number of nitrogens with two attached hydrogens (primary N) is 1. The first-order chi connectivity index (χ1) is 9.71. The molecule has 5 N–H and O–H groups in total. The molecule has 0 radical (unpaired) electrons. The molecule has 21 heavy (non-hydrogen) atoms. The van der Waals surface area contributed by atoms with Gasteiger partial charge in [0.25, 0.3) is 0 Å². The highest BCUT2D eigenvalue weighted by Crippen LogP contribution is 2.23. The second-order valence-corrected chi connectivity index (χ2v) is 5.76. The predicted octanol–water partition coefficient (Wildman–Crippen LogP) is -0.348. The number of hydrogen-bond acceptors (Lipinski definition) is 4. The number of hydrogen-bond donors (Lipinski definition) is 4. The van der Waals surface area contributed by atoms with E-state index in [2.05, 4.69) is 5.32 Å². The van der Waals surface area contributed by atoms with Crippen molar-refractivity contribution in [3.63, 3.8) is 0 Å². The molecule has 0 aromatic heterocycles. The molecule has 0 spiro atoms. The Morgan fingerprint density at radius 3 is 2.38 bits per heavy atom. The molecular formula is C13H23N3O5. The van der Waals surface area contributed by atoms with E-state index >= 15 is 0 Å². The molecule has 8 nitrogen and oxygen atoms in total. The molecule has 8 heteroatoms. The van der Waals surface area contributed by atoms with Gasteiger partial charge >= 0.3 is 12.0 Å². The molecule has 1 unspecified atom stereocenters. The number of carboxylic acids is 1. The minimum Gasteiger partial charge on any atom is -0.481 e. The maximum Gasteiger partial charge on any atom is 0.318 e. The zero-order chi connectivity index (χ0) is 16.0. The molecule has 0 bridgehead atoms. The summed E-state index contributed by atoms with van der Waals surface area (Å²) < 4.78 is 0. The Bertz CT molecular complexity index is 405. The van der Waals surface area contributed by atoms with Crippen LogP contribution in [0.15, 0.2) is 0 Å². The molecule has 1 fully saturated rings. The summed E-state index contributed by atoms with van der Waals surface area (Å²) in [6, 6.07) is -0.548. The number of amides is 3. The van der Waals surface area contributed by atoms with E-state index in [4.69, 9.17) is 10.8 Å². The van der Waals surface area contributed by atoms with Crippen LogP contribution in [-0.4, -0.2) is 57.8 Å². The van der Waals surface area contributed by atoms with Crippen LogP contribution in [0.25, 0.3) is 0 Å². The maximum absolute atomic E-state index is 12.1. The van der Waals surface area contributed by atoms with Crippen molar-refractivity contribution >= 4 is 17.9 Å². The number of carbonyl (C=O) groups is 3. The molecule has 1 atom stereocenters. The fourth-order valence-corrected chi connectivity index (χ4v) is 2.51. The molecule has 0 heterocycles. The first kappa shape index (κ1) is 17.2. The predicted molar refractivity (Wildman–Crippen MR) is 74.4 cm³/mol. The fourth-order valence-electron chi connectivity index (χ4n) is 2.51. The highest BCUT2D eigenvalue weighted by Gasteiger charge is 2.30. The summed E-state index contributed by atoms with van der Waals surface area (Å²) in [6.45, 7) is 0.938. The lowest BCUT2D eigenvalue weighted by Crippen LogP contribution is -2.52. The van der Waals surface area contributed by atoms with Gasteiger partial charge in [0.05, 0.1) is 12.0 Å². The number of carbonyl (C=O) groups excluding carboxylic acids is 2. The highest BCUT2D eigenvalue weighted by atomic mass is 16.4. The van der Waals surface area contributed by atoms with Crippen LogP contribution in [0.3, 0.4) is 0 Å². The average Bonchev–Trinajstić information content (AvgIpc) is 2.85. The van der Waals surface area contributed by atoms with Crippen LogP contribution in [-0.2, 0) is 9.59 Å². The quantitative estimate of drug-likeness (QED) is 0.510. The molecule has 0 aromatic carbocycles. The van der Waals surface area contributed by atoms with Gasteiger partial charge in [-0.15, -0.1) is 0 Å². The van der Waals surface area contributed by atoms with Gasteiger partial charge in [0.15, 0.2) is 0 Å². The van der Waals surface area contributed by atoms with E-state index in [0.717, 1.165) is 25.7 Å². The molecule has 0 saturated heterocycles. The number of carboxylic acid groups (broad SMARTS) is 1. The zero-order valence-corrected chi connectivity index (χ0v) is 12.2. The standard InChI is InChI=1S/C13H23N3O5/c1-13(21,6-11(18)19)8-15-12(20)16(7-10(14)17)9-4-2-3-5-9/h9,21H,2-8H2,1H3,(H2,14,17)(H,15,20)(H,18,19). The molecule has 120 valence electrons. The monoisotopic (exact) mass is 301 g/mol. The van der Waals surface area contributed by atoms with Gasteiger partial charge in [0.1, 0.15) is 6.54 Å². The number of nitrogens with one attached hydrogen (secondary N) is 1. The van der Waals surface area contributed by atoms with E-state index in [0.29, 0.717) is 0 Å². The molecule has 1 aliphatic carbocycles. The third-order valence-electron chi connectivity index (χ3n) is 3.51.